The van der Waals surface area contributed by atoms with Crippen molar-refractivity contribution in [3.8, 4) is 0 Å². The number of likely N-dealkylation sites (tertiary alicyclic amines) is 1. The van der Waals surface area contributed by atoms with Crippen molar-refractivity contribution < 1.29 is 4.79 Å². The number of hydrogen-bond donors (Lipinski definition) is 1. The molecule has 1 saturated heterocycles. The quantitative estimate of drug-likeness (QED) is 0.769. The number of aryl methyl sites for hydroxylation is 2. The highest BCUT2D eigenvalue weighted by Crippen LogP contribution is 2.17. The summed E-state index contributed by atoms with van der Waals surface area (Å²) in [5.41, 5.74) is 0. The van der Waals surface area contributed by atoms with Crippen molar-refractivity contribution in [1.29, 1.82) is 0 Å². The first kappa shape index (κ1) is 17.6. The number of aromatic nitrogens is 5. The van der Waals surface area contributed by atoms with Gasteiger partial charge >= 0.3 is 0 Å². The Labute approximate surface area is 148 Å². The van der Waals surface area contributed by atoms with Crippen LogP contribution in [0.2, 0.25) is 0 Å². The minimum absolute atomic E-state index is 0.0957. The first-order valence-electron chi connectivity index (χ1n) is 9.07. The normalized spacial score (nSPS) is 18.4. The number of rotatable bonds is 8. The number of nitrogens with one attached hydrogen (secondary N) is 1. The van der Waals surface area contributed by atoms with Crippen molar-refractivity contribution in [2.24, 2.45) is 5.92 Å². The molecule has 136 valence electrons. The van der Waals surface area contributed by atoms with E-state index in [2.05, 4.69) is 32.3 Å². The number of hydrogen-bond acceptors (Lipinski definition) is 5. The van der Waals surface area contributed by atoms with Crippen LogP contribution in [0.1, 0.15) is 32.0 Å². The maximum Gasteiger partial charge on any atom is 0.221 e. The zero-order valence-corrected chi connectivity index (χ0v) is 14.8. The second-order valence-electron chi connectivity index (χ2n) is 6.56. The Hall–Kier alpha value is -2.22. The summed E-state index contributed by atoms with van der Waals surface area (Å²) in [5, 5.41) is 11.4. The Balaban J connectivity index is 1.40. The molecular formula is C17H27N7O. The molecule has 25 heavy (non-hydrogen) atoms. The van der Waals surface area contributed by atoms with E-state index in [0.717, 1.165) is 51.4 Å². The molecule has 1 aliphatic rings. The van der Waals surface area contributed by atoms with Crippen molar-refractivity contribution in [2.45, 2.75) is 45.8 Å². The van der Waals surface area contributed by atoms with Crippen molar-refractivity contribution in [1.82, 2.24) is 34.8 Å². The molecule has 0 spiro atoms. The van der Waals surface area contributed by atoms with Gasteiger partial charge in [-0.1, -0.05) is 0 Å². The van der Waals surface area contributed by atoms with Crippen molar-refractivity contribution in [2.75, 3.05) is 19.6 Å². The van der Waals surface area contributed by atoms with Crippen LogP contribution in [0.25, 0.3) is 0 Å². The highest BCUT2D eigenvalue weighted by molar-refractivity contribution is 5.75. The van der Waals surface area contributed by atoms with Gasteiger partial charge in [0.1, 0.15) is 12.2 Å². The van der Waals surface area contributed by atoms with E-state index >= 15 is 0 Å². The van der Waals surface area contributed by atoms with Gasteiger partial charge < -0.3 is 5.32 Å². The van der Waals surface area contributed by atoms with Crippen LogP contribution in [-0.2, 0) is 24.4 Å². The van der Waals surface area contributed by atoms with Crippen molar-refractivity contribution >= 4 is 5.91 Å². The molecule has 2 aromatic rings. The number of nitrogens with zero attached hydrogens (tertiary/aromatic N) is 6. The Kier molecular flexibility index (Phi) is 6.16. The van der Waals surface area contributed by atoms with Crippen LogP contribution in [0, 0.1) is 5.92 Å². The van der Waals surface area contributed by atoms with Gasteiger partial charge in [0.05, 0.1) is 6.54 Å². The van der Waals surface area contributed by atoms with Crippen LogP contribution in [-0.4, -0.2) is 55.0 Å². The van der Waals surface area contributed by atoms with Crippen molar-refractivity contribution in [3.63, 3.8) is 0 Å². The highest BCUT2D eigenvalue weighted by Gasteiger charge is 2.21. The molecule has 1 amide bonds. The molecule has 1 atom stereocenters. The Morgan fingerprint density at radius 2 is 2.32 bits per heavy atom. The van der Waals surface area contributed by atoms with E-state index in [1.54, 1.807) is 17.2 Å². The Morgan fingerprint density at radius 1 is 1.40 bits per heavy atom. The average molecular weight is 345 g/mol. The van der Waals surface area contributed by atoms with E-state index in [4.69, 9.17) is 0 Å². The molecule has 3 rings (SSSR count). The fourth-order valence-corrected chi connectivity index (χ4v) is 3.33. The molecule has 0 aliphatic carbocycles. The summed E-state index contributed by atoms with van der Waals surface area (Å²) in [4.78, 5) is 18.8. The molecule has 0 saturated carbocycles. The van der Waals surface area contributed by atoms with Crippen LogP contribution in [0.3, 0.4) is 0 Å². The zero-order chi connectivity index (χ0) is 17.5. The molecule has 1 unspecified atom stereocenters. The third-order valence-electron chi connectivity index (χ3n) is 4.68. The van der Waals surface area contributed by atoms with Gasteiger partial charge in [0.25, 0.3) is 0 Å². The van der Waals surface area contributed by atoms with Crippen molar-refractivity contribution in [3.05, 3.63) is 30.6 Å². The number of carbonyl (C=O) groups is 1. The second-order valence-corrected chi connectivity index (χ2v) is 6.56. The van der Waals surface area contributed by atoms with E-state index in [1.165, 1.54) is 0 Å². The molecule has 1 aliphatic heterocycles. The van der Waals surface area contributed by atoms with Gasteiger partial charge in [-0.2, -0.15) is 10.2 Å². The first-order chi connectivity index (χ1) is 12.2. The maximum absolute atomic E-state index is 12.0. The number of carbonyl (C=O) groups excluding carboxylic acids is 1. The molecule has 0 radical (unpaired) electrons. The lowest BCUT2D eigenvalue weighted by Crippen LogP contribution is -2.41. The lowest BCUT2D eigenvalue weighted by Gasteiger charge is -2.32. The van der Waals surface area contributed by atoms with E-state index in [1.807, 2.05) is 16.9 Å². The third kappa shape index (κ3) is 5.12. The Morgan fingerprint density at radius 3 is 3.12 bits per heavy atom. The zero-order valence-electron chi connectivity index (χ0n) is 14.8. The molecule has 8 heteroatoms. The minimum atomic E-state index is 0.0957. The highest BCUT2D eigenvalue weighted by atomic mass is 16.1. The summed E-state index contributed by atoms with van der Waals surface area (Å²) < 4.78 is 3.73. The van der Waals surface area contributed by atoms with Crippen LogP contribution in [0.4, 0.5) is 0 Å². The molecule has 0 aromatic carbocycles. The summed E-state index contributed by atoms with van der Waals surface area (Å²) in [6.45, 7) is 7.21. The van der Waals surface area contributed by atoms with E-state index in [-0.39, 0.29) is 5.91 Å². The fourth-order valence-electron chi connectivity index (χ4n) is 3.33. The maximum atomic E-state index is 12.0. The standard InChI is InChI=1S/C17H27N7O/c1-2-24-16(19-14-21-24)13-22-8-3-5-15(12-22)11-18-17(25)6-10-23-9-4-7-20-23/h4,7,9,14-15H,2-3,5-6,8,10-13H2,1H3,(H,18,25). The smallest absolute Gasteiger partial charge is 0.221 e. The van der Waals surface area contributed by atoms with Crippen LogP contribution < -0.4 is 5.32 Å². The van der Waals surface area contributed by atoms with Crippen LogP contribution >= 0.6 is 0 Å². The topological polar surface area (TPSA) is 80.9 Å². The monoisotopic (exact) mass is 345 g/mol. The summed E-state index contributed by atoms with van der Waals surface area (Å²) in [5.74, 6) is 1.62. The summed E-state index contributed by atoms with van der Waals surface area (Å²) >= 11 is 0. The van der Waals surface area contributed by atoms with Gasteiger partial charge in [-0.3, -0.25) is 14.4 Å². The molecule has 2 aromatic heterocycles. The van der Waals surface area contributed by atoms with Crippen LogP contribution in [0.5, 0.6) is 0 Å². The number of piperidine rings is 1. The van der Waals surface area contributed by atoms with E-state index in [9.17, 15) is 4.79 Å². The summed E-state index contributed by atoms with van der Waals surface area (Å²) in [6, 6.07) is 1.87. The first-order valence-corrected chi connectivity index (χ1v) is 9.07. The van der Waals surface area contributed by atoms with E-state index in [0.29, 0.717) is 18.9 Å². The van der Waals surface area contributed by atoms with Gasteiger partial charge in [0.15, 0.2) is 0 Å². The summed E-state index contributed by atoms with van der Waals surface area (Å²) in [7, 11) is 0. The van der Waals surface area contributed by atoms with E-state index < -0.39 is 0 Å². The molecule has 1 N–H and O–H groups in total. The minimum Gasteiger partial charge on any atom is -0.356 e. The molecule has 8 nitrogen and oxygen atoms in total. The molecule has 0 bridgehead atoms. The predicted octanol–water partition coefficient (Wildman–Crippen LogP) is 0.913. The van der Waals surface area contributed by atoms with Crippen LogP contribution in [0.15, 0.2) is 24.8 Å². The second kappa shape index (κ2) is 8.75. The predicted molar refractivity (Wildman–Crippen MR) is 93.6 cm³/mol. The SMILES string of the molecule is CCn1ncnc1CN1CCCC(CNC(=O)CCn2cccn2)C1. The molecule has 3 heterocycles. The average Bonchev–Trinajstić information content (AvgIpc) is 3.30. The fraction of sp³-hybridized carbons (Fsp3) is 0.647. The van der Waals surface area contributed by atoms with Gasteiger partial charge in [0, 0.05) is 45.0 Å². The van der Waals surface area contributed by atoms with Gasteiger partial charge in [-0.05, 0) is 38.3 Å². The lowest BCUT2D eigenvalue weighted by atomic mass is 9.98. The van der Waals surface area contributed by atoms with Gasteiger partial charge in [-0.25, -0.2) is 9.67 Å². The number of amides is 1. The lowest BCUT2D eigenvalue weighted by molar-refractivity contribution is -0.121. The molecule has 1 fully saturated rings. The molecular weight excluding hydrogens is 318 g/mol. The van der Waals surface area contributed by atoms with Gasteiger partial charge in [0.2, 0.25) is 5.91 Å². The Bertz CT molecular complexity index is 652. The van der Waals surface area contributed by atoms with Gasteiger partial charge in [-0.15, -0.1) is 0 Å². The largest absolute Gasteiger partial charge is 0.356 e. The third-order valence-corrected chi connectivity index (χ3v) is 4.68. The summed E-state index contributed by atoms with van der Waals surface area (Å²) in [6.07, 6.45) is 8.03.